The normalized spacial score (nSPS) is 10.4. The Morgan fingerprint density at radius 3 is 2.29 bits per heavy atom. The molecule has 0 saturated heterocycles. The second-order valence-corrected chi connectivity index (χ2v) is 7.00. The van der Waals surface area contributed by atoms with Crippen LogP contribution in [0.5, 0.6) is 5.75 Å². The van der Waals surface area contributed by atoms with Gasteiger partial charge in [0.15, 0.2) is 0 Å². The van der Waals surface area contributed by atoms with Crippen LogP contribution in [-0.4, -0.2) is 25.0 Å². The molecule has 3 N–H and O–H groups in total. The molecule has 0 atom stereocenters. The third-order valence-electron chi connectivity index (χ3n) is 3.81. The van der Waals surface area contributed by atoms with Gasteiger partial charge in [0.1, 0.15) is 5.75 Å². The Morgan fingerprint density at radius 2 is 1.61 bits per heavy atom. The molecule has 0 spiro atoms. The van der Waals surface area contributed by atoms with E-state index in [1.54, 1.807) is 0 Å². The predicted octanol–water partition coefficient (Wildman–Crippen LogP) is 4.51. The molecule has 0 aromatic heterocycles. The molecule has 0 aliphatic heterocycles. The van der Waals surface area contributed by atoms with Gasteiger partial charge in [-0.15, -0.1) is 0 Å². The summed E-state index contributed by atoms with van der Waals surface area (Å²) in [5.41, 5.74) is 2.24. The largest absolute Gasteiger partial charge is 0.494 e. The number of hydrogen-bond acceptors (Lipinski definition) is 4. The first kappa shape index (κ1) is 21.3. The molecule has 150 valence electrons. The molecule has 0 bridgehead atoms. The van der Waals surface area contributed by atoms with Crippen LogP contribution in [0.15, 0.2) is 48.5 Å². The fraction of sp³-hybridized carbons (Fsp3) is 0.364. The molecule has 0 radical (unpaired) electrons. The summed E-state index contributed by atoms with van der Waals surface area (Å²) in [6, 6.07) is 14.6. The maximum Gasteiger partial charge on any atom is 0.243 e. The summed E-state index contributed by atoms with van der Waals surface area (Å²) in [4.78, 5) is 23.9. The molecule has 0 fully saturated rings. The second kappa shape index (κ2) is 11.0. The summed E-state index contributed by atoms with van der Waals surface area (Å²) in [6.45, 7) is 6.84. The Labute approximate surface area is 166 Å². The van der Waals surface area contributed by atoms with Crippen LogP contribution in [-0.2, 0) is 9.59 Å². The summed E-state index contributed by atoms with van der Waals surface area (Å²) in [5, 5.41) is 8.78. The van der Waals surface area contributed by atoms with Crippen LogP contribution in [0.4, 0.5) is 17.1 Å². The van der Waals surface area contributed by atoms with Crippen molar-refractivity contribution in [2.75, 3.05) is 29.1 Å². The third kappa shape index (κ3) is 7.70. The van der Waals surface area contributed by atoms with Crippen LogP contribution in [0.25, 0.3) is 0 Å². The summed E-state index contributed by atoms with van der Waals surface area (Å²) >= 11 is 0. The van der Waals surface area contributed by atoms with Crippen LogP contribution in [0, 0.1) is 5.92 Å². The van der Waals surface area contributed by atoms with Crippen molar-refractivity contribution >= 4 is 28.9 Å². The molecule has 6 nitrogen and oxygen atoms in total. The fourth-order valence-corrected chi connectivity index (χ4v) is 2.53. The monoisotopic (exact) mass is 383 g/mol. The highest BCUT2D eigenvalue weighted by Gasteiger charge is 2.06. The van der Waals surface area contributed by atoms with Crippen LogP contribution in [0.2, 0.25) is 0 Å². The molecule has 2 aromatic carbocycles. The Balaban J connectivity index is 1.80. The molecule has 0 aliphatic carbocycles. The van der Waals surface area contributed by atoms with Gasteiger partial charge in [-0.25, -0.2) is 0 Å². The van der Waals surface area contributed by atoms with E-state index in [0.717, 1.165) is 23.5 Å². The number of amides is 2. The minimum absolute atomic E-state index is 0.000216. The van der Waals surface area contributed by atoms with Crippen LogP contribution >= 0.6 is 0 Å². The number of benzene rings is 2. The van der Waals surface area contributed by atoms with E-state index < -0.39 is 0 Å². The minimum Gasteiger partial charge on any atom is -0.494 e. The van der Waals surface area contributed by atoms with Crippen molar-refractivity contribution < 1.29 is 14.3 Å². The quantitative estimate of drug-likeness (QED) is 0.564. The van der Waals surface area contributed by atoms with Gasteiger partial charge in [-0.2, -0.15) is 0 Å². The average Bonchev–Trinajstić information content (AvgIpc) is 2.65. The number of ether oxygens (including phenoxy) is 1. The predicted molar refractivity (Wildman–Crippen MR) is 114 cm³/mol. The molecule has 2 rings (SSSR count). The van der Waals surface area contributed by atoms with Gasteiger partial charge in [0.05, 0.1) is 13.2 Å². The standard InChI is InChI=1S/C22H29N3O3/c1-4-12-28-20-7-5-6-19(14-20)25-22(27)15-23-17-8-10-18(11-9-17)24-21(26)13-16(2)3/h5-11,14,16,23H,4,12-13,15H2,1-3H3,(H,24,26)(H,25,27). The summed E-state index contributed by atoms with van der Waals surface area (Å²) < 4.78 is 5.57. The lowest BCUT2D eigenvalue weighted by atomic mass is 10.1. The minimum atomic E-state index is -0.151. The zero-order chi connectivity index (χ0) is 20.4. The number of carbonyl (C=O) groups excluding carboxylic acids is 2. The number of nitrogens with one attached hydrogen (secondary N) is 3. The summed E-state index contributed by atoms with van der Waals surface area (Å²) in [7, 11) is 0. The molecule has 2 aromatic rings. The topological polar surface area (TPSA) is 79.5 Å². The average molecular weight is 383 g/mol. The van der Waals surface area contributed by atoms with Crippen molar-refractivity contribution in [2.24, 2.45) is 5.92 Å². The molecule has 0 aliphatic rings. The van der Waals surface area contributed by atoms with Gasteiger partial charge >= 0.3 is 0 Å². The lowest BCUT2D eigenvalue weighted by molar-refractivity contribution is -0.117. The van der Waals surface area contributed by atoms with Crippen LogP contribution < -0.4 is 20.7 Å². The maximum absolute atomic E-state index is 12.2. The number of hydrogen-bond donors (Lipinski definition) is 3. The molecule has 0 saturated carbocycles. The summed E-state index contributed by atoms with van der Waals surface area (Å²) in [6.07, 6.45) is 1.42. The van der Waals surface area contributed by atoms with Crippen molar-refractivity contribution in [3.63, 3.8) is 0 Å². The Kier molecular flexibility index (Phi) is 8.34. The van der Waals surface area contributed by atoms with Crippen molar-refractivity contribution in [1.82, 2.24) is 0 Å². The molecule has 28 heavy (non-hydrogen) atoms. The van der Waals surface area contributed by atoms with Crippen LogP contribution in [0.1, 0.15) is 33.6 Å². The van der Waals surface area contributed by atoms with E-state index in [-0.39, 0.29) is 18.4 Å². The zero-order valence-electron chi connectivity index (χ0n) is 16.7. The van der Waals surface area contributed by atoms with Gasteiger partial charge in [0, 0.05) is 29.5 Å². The second-order valence-electron chi connectivity index (χ2n) is 7.00. The Morgan fingerprint density at radius 1 is 0.929 bits per heavy atom. The number of anilines is 3. The van der Waals surface area contributed by atoms with Gasteiger partial charge in [-0.3, -0.25) is 9.59 Å². The molecule has 2 amide bonds. The van der Waals surface area contributed by atoms with Gasteiger partial charge in [-0.05, 0) is 48.7 Å². The highest BCUT2D eigenvalue weighted by molar-refractivity contribution is 5.94. The number of carbonyl (C=O) groups is 2. The molecular weight excluding hydrogens is 354 g/mol. The van der Waals surface area contributed by atoms with Gasteiger partial charge < -0.3 is 20.7 Å². The molecule has 0 heterocycles. The van der Waals surface area contributed by atoms with Gasteiger partial charge in [0.2, 0.25) is 11.8 Å². The van der Waals surface area contributed by atoms with E-state index >= 15 is 0 Å². The van der Waals surface area contributed by atoms with Gasteiger partial charge in [-0.1, -0.05) is 26.8 Å². The summed E-state index contributed by atoms with van der Waals surface area (Å²) in [5.74, 6) is 0.906. The highest BCUT2D eigenvalue weighted by atomic mass is 16.5. The van der Waals surface area contributed by atoms with Crippen molar-refractivity contribution in [2.45, 2.75) is 33.6 Å². The fourth-order valence-electron chi connectivity index (χ4n) is 2.53. The molecular formula is C22H29N3O3. The number of rotatable bonds is 10. The Hall–Kier alpha value is -3.02. The van der Waals surface area contributed by atoms with Crippen LogP contribution in [0.3, 0.4) is 0 Å². The lowest BCUT2D eigenvalue weighted by Gasteiger charge is -2.11. The smallest absolute Gasteiger partial charge is 0.243 e. The highest BCUT2D eigenvalue weighted by Crippen LogP contribution is 2.18. The maximum atomic E-state index is 12.2. The third-order valence-corrected chi connectivity index (χ3v) is 3.81. The Bertz CT molecular complexity index is 773. The SMILES string of the molecule is CCCOc1cccc(NC(=O)CNc2ccc(NC(=O)CC(C)C)cc2)c1. The molecule has 0 unspecified atom stereocenters. The van der Waals surface area contributed by atoms with E-state index in [4.69, 9.17) is 4.74 Å². The van der Waals surface area contributed by atoms with E-state index in [1.165, 1.54) is 0 Å². The van der Waals surface area contributed by atoms with E-state index in [0.29, 0.717) is 24.6 Å². The molecule has 6 heteroatoms. The lowest BCUT2D eigenvalue weighted by Crippen LogP contribution is -2.21. The first-order valence-corrected chi connectivity index (χ1v) is 9.62. The van der Waals surface area contributed by atoms with Gasteiger partial charge in [0.25, 0.3) is 0 Å². The van der Waals surface area contributed by atoms with Crippen molar-refractivity contribution in [1.29, 1.82) is 0 Å². The van der Waals surface area contributed by atoms with Crippen molar-refractivity contribution in [3.05, 3.63) is 48.5 Å². The first-order chi connectivity index (χ1) is 13.5. The van der Waals surface area contributed by atoms with Crippen molar-refractivity contribution in [3.8, 4) is 5.75 Å². The van der Waals surface area contributed by atoms with E-state index in [2.05, 4.69) is 16.0 Å². The first-order valence-electron chi connectivity index (χ1n) is 9.62. The zero-order valence-corrected chi connectivity index (χ0v) is 16.7. The van der Waals surface area contributed by atoms with E-state index in [9.17, 15) is 9.59 Å². The van der Waals surface area contributed by atoms with E-state index in [1.807, 2.05) is 69.3 Å².